The second kappa shape index (κ2) is 6.79. The molecule has 0 aliphatic carbocycles. The van der Waals surface area contributed by atoms with E-state index in [1.807, 2.05) is 18.2 Å². The molecule has 0 saturated heterocycles. The molecule has 0 radical (unpaired) electrons. The zero-order valence-electron chi connectivity index (χ0n) is 12.2. The maximum absolute atomic E-state index is 12.1. The molecule has 4 nitrogen and oxygen atoms in total. The van der Waals surface area contributed by atoms with Crippen LogP contribution >= 0.6 is 0 Å². The summed E-state index contributed by atoms with van der Waals surface area (Å²) in [6.07, 6.45) is 3.26. The fraction of sp³-hybridized carbons (Fsp3) is 0.235. The highest BCUT2D eigenvalue weighted by atomic mass is 16.5. The molecular weight excluding hydrogens is 266 g/mol. The van der Waals surface area contributed by atoms with Crippen LogP contribution in [0.3, 0.4) is 0 Å². The van der Waals surface area contributed by atoms with Crippen LogP contribution < -0.4 is 4.57 Å². The zero-order valence-corrected chi connectivity index (χ0v) is 12.2. The summed E-state index contributed by atoms with van der Waals surface area (Å²) in [6.45, 7) is 3.85. The summed E-state index contributed by atoms with van der Waals surface area (Å²) >= 11 is 0. The smallest absolute Gasteiger partial charge is 0.338 e. The fourth-order valence-corrected chi connectivity index (χ4v) is 1.86. The van der Waals surface area contributed by atoms with E-state index in [-0.39, 0.29) is 24.4 Å². The highest BCUT2D eigenvalue weighted by Crippen LogP contribution is 2.03. The average Bonchev–Trinajstić information content (AvgIpc) is 2.48. The maximum atomic E-state index is 12.1. The highest BCUT2D eigenvalue weighted by Gasteiger charge is 2.14. The van der Waals surface area contributed by atoms with Crippen LogP contribution in [0.4, 0.5) is 0 Å². The summed E-state index contributed by atoms with van der Waals surface area (Å²) in [7, 11) is 0. The fourth-order valence-electron chi connectivity index (χ4n) is 1.86. The number of hydrogen-bond donors (Lipinski definition) is 0. The van der Waals surface area contributed by atoms with Gasteiger partial charge in [-0.25, -0.2) is 4.79 Å². The van der Waals surface area contributed by atoms with Gasteiger partial charge in [-0.2, -0.15) is 4.57 Å². The molecule has 0 bridgehead atoms. The lowest BCUT2D eigenvalue weighted by atomic mass is 10.1. The lowest BCUT2D eigenvalue weighted by Crippen LogP contribution is -2.37. The lowest BCUT2D eigenvalue weighted by molar-refractivity contribution is -0.683. The average molecular weight is 284 g/mol. The van der Waals surface area contributed by atoms with Crippen LogP contribution in [-0.2, 0) is 11.3 Å². The van der Waals surface area contributed by atoms with Gasteiger partial charge < -0.3 is 4.74 Å². The number of rotatable bonds is 5. The predicted molar refractivity (Wildman–Crippen MR) is 78.0 cm³/mol. The van der Waals surface area contributed by atoms with E-state index in [1.165, 1.54) is 0 Å². The van der Waals surface area contributed by atoms with Crippen molar-refractivity contribution in [3.05, 3.63) is 66.0 Å². The second-order valence-corrected chi connectivity index (χ2v) is 5.00. The predicted octanol–water partition coefficient (Wildman–Crippen LogP) is 2.42. The van der Waals surface area contributed by atoms with Crippen molar-refractivity contribution < 1.29 is 18.9 Å². The Bertz CT molecular complexity index is 618. The minimum absolute atomic E-state index is 0.0260. The van der Waals surface area contributed by atoms with Gasteiger partial charge in [0.2, 0.25) is 12.3 Å². The van der Waals surface area contributed by atoms with Crippen LogP contribution in [0.1, 0.15) is 34.6 Å². The number of carbonyl (C=O) groups is 2. The minimum atomic E-state index is -0.355. The Kier molecular flexibility index (Phi) is 4.82. The first-order chi connectivity index (χ1) is 10.1. The number of aromatic nitrogens is 1. The molecule has 0 spiro atoms. The van der Waals surface area contributed by atoms with Crippen LogP contribution in [0, 0.1) is 0 Å². The number of nitrogens with zero attached hydrogens (tertiary/aromatic N) is 1. The quantitative estimate of drug-likeness (QED) is 0.481. The highest BCUT2D eigenvalue weighted by molar-refractivity contribution is 5.95. The molecule has 0 aliphatic heterocycles. The summed E-state index contributed by atoms with van der Waals surface area (Å²) in [5.74, 6) is -0.329. The summed E-state index contributed by atoms with van der Waals surface area (Å²) in [6, 6.07) is 12.4. The molecule has 4 heteroatoms. The summed E-state index contributed by atoms with van der Waals surface area (Å²) in [5, 5.41) is 0. The Morgan fingerprint density at radius 1 is 1.00 bits per heavy atom. The third-order valence-corrected chi connectivity index (χ3v) is 2.89. The second-order valence-electron chi connectivity index (χ2n) is 5.00. The molecule has 0 unspecified atom stereocenters. The van der Waals surface area contributed by atoms with Gasteiger partial charge >= 0.3 is 5.97 Å². The zero-order chi connectivity index (χ0) is 15.2. The van der Waals surface area contributed by atoms with Gasteiger partial charge in [0.15, 0.2) is 12.4 Å². The standard InChI is InChI=1S/C17H18NO3/c1-13(2)21-17(20)15-8-10-18(11-9-15)12-16(19)14-6-4-3-5-7-14/h3-11,13H,12H2,1-2H3/q+1. The first-order valence-electron chi connectivity index (χ1n) is 6.84. The molecule has 1 aromatic carbocycles. The summed E-state index contributed by atoms with van der Waals surface area (Å²) < 4.78 is 6.85. The molecule has 2 aromatic rings. The van der Waals surface area contributed by atoms with Crippen molar-refractivity contribution in [2.24, 2.45) is 0 Å². The number of ketones is 1. The first kappa shape index (κ1) is 14.9. The van der Waals surface area contributed by atoms with Gasteiger partial charge in [0.05, 0.1) is 11.7 Å². The number of Topliss-reactive ketones (excluding diaryl/α,β-unsaturated/α-hetero) is 1. The monoisotopic (exact) mass is 284 g/mol. The molecule has 0 saturated carbocycles. The molecule has 1 aromatic heterocycles. The van der Waals surface area contributed by atoms with Crippen LogP contribution in [0.25, 0.3) is 0 Å². The van der Waals surface area contributed by atoms with Crippen LogP contribution in [-0.4, -0.2) is 17.9 Å². The molecule has 2 rings (SSSR count). The minimum Gasteiger partial charge on any atom is -0.459 e. The van der Waals surface area contributed by atoms with E-state index >= 15 is 0 Å². The Balaban J connectivity index is 2.03. The van der Waals surface area contributed by atoms with E-state index in [0.29, 0.717) is 11.1 Å². The lowest BCUT2D eigenvalue weighted by Gasteiger charge is -2.06. The van der Waals surface area contributed by atoms with Gasteiger partial charge in [-0.15, -0.1) is 0 Å². The molecular formula is C17H18NO3+. The van der Waals surface area contributed by atoms with Crippen molar-refractivity contribution in [3.63, 3.8) is 0 Å². The van der Waals surface area contributed by atoms with E-state index in [0.717, 1.165) is 0 Å². The third kappa shape index (κ3) is 4.24. The number of ether oxygens (including phenoxy) is 1. The molecule has 1 heterocycles. The van der Waals surface area contributed by atoms with E-state index < -0.39 is 0 Å². The summed E-state index contributed by atoms with van der Waals surface area (Å²) in [4.78, 5) is 23.8. The van der Waals surface area contributed by atoms with Gasteiger partial charge in [-0.3, -0.25) is 4.79 Å². The SMILES string of the molecule is CC(C)OC(=O)c1cc[n+](CC(=O)c2ccccc2)cc1. The maximum Gasteiger partial charge on any atom is 0.338 e. The number of pyridine rings is 1. The van der Waals surface area contributed by atoms with Gasteiger partial charge in [-0.1, -0.05) is 30.3 Å². The molecule has 21 heavy (non-hydrogen) atoms. The van der Waals surface area contributed by atoms with Crippen LogP contribution in [0.2, 0.25) is 0 Å². The van der Waals surface area contributed by atoms with Gasteiger partial charge in [0.1, 0.15) is 0 Å². The van der Waals surface area contributed by atoms with Crippen molar-refractivity contribution in [3.8, 4) is 0 Å². The van der Waals surface area contributed by atoms with Crippen molar-refractivity contribution in [2.45, 2.75) is 26.5 Å². The molecule has 0 fully saturated rings. The Labute approximate surface area is 124 Å². The molecule has 0 atom stereocenters. The topological polar surface area (TPSA) is 47.2 Å². The first-order valence-corrected chi connectivity index (χ1v) is 6.84. The van der Waals surface area contributed by atoms with E-state index in [9.17, 15) is 9.59 Å². The van der Waals surface area contributed by atoms with Crippen molar-refractivity contribution in [2.75, 3.05) is 0 Å². The molecule has 0 N–H and O–H groups in total. The molecule has 0 amide bonds. The third-order valence-electron chi connectivity index (χ3n) is 2.89. The molecule has 0 aliphatic rings. The van der Waals surface area contributed by atoms with E-state index in [4.69, 9.17) is 4.74 Å². The molecule has 108 valence electrons. The van der Waals surface area contributed by atoms with Crippen LogP contribution in [0.5, 0.6) is 0 Å². The number of benzene rings is 1. The summed E-state index contributed by atoms with van der Waals surface area (Å²) in [5.41, 5.74) is 1.15. The number of esters is 1. The number of carbonyl (C=O) groups excluding carboxylic acids is 2. The van der Waals surface area contributed by atoms with Crippen molar-refractivity contribution in [1.29, 1.82) is 0 Å². The van der Waals surface area contributed by atoms with Crippen molar-refractivity contribution >= 4 is 11.8 Å². The largest absolute Gasteiger partial charge is 0.459 e. The van der Waals surface area contributed by atoms with E-state index in [2.05, 4.69) is 0 Å². The number of hydrogen-bond acceptors (Lipinski definition) is 3. The normalized spacial score (nSPS) is 10.4. The Morgan fingerprint density at radius 2 is 1.62 bits per heavy atom. The van der Waals surface area contributed by atoms with Gasteiger partial charge in [-0.05, 0) is 13.8 Å². The van der Waals surface area contributed by atoms with Gasteiger partial charge in [0, 0.05) is 17.7 Å². The van der Waals surface area contributed by atoms with Gasteiger partial charge in [0.25, 0.3) is 0 Å². The Hall–Kier alpha value is -2.49. The Morgan fingerprint density at radius 3 is 2.19 bits per heavy atom. The van der Waals surface area contributed by atoms with Crippen molar-refractivity contribution in [1.82, 2.24) is 0 Å². The van der Waals surface area contributed by atoms with E-state index in [1.54, 1.807) is 55.1 Å². The van der Waals surface area contributed by atoms with Crippen LogP contribution in [0.15, 0.2) is 54.9 Å².